The Morgan fingerprint density at radius 3 is 2.75 bits per heavy atom. The minimum Gasteiger partial charge on any atom is -0.350 e. The van der Waals surface area contributed by atoms with Crippen molar-refractivity contribution in [2.75, 3.05) is 17.3 Å². The molecule has 0 unspecified atom stereocenters. The third kappa shape index (κ3) is 2.98. The van der Waals surface area contributed by atoms with E-state index in [0.717, 1.165) is 23.9 Å². The molecule has 0 aromatic heterocycles. The lowest BCUT2D eigenvalue weighted by Crippen LogP contribution is -2.38. The second kappa shape index (κ2) is 4.51. The lowest BCUT2D eigenvalue weighted by atomic mass is 10.3. The third-order valence-electron chi connectivity index (χ3n) is 2.05. The summed E-state index contributed by atoms with van der Waals surface area (Å²) in [5.74, 6) is 1.12. The number of hydrogen-bond donors (Lipinski definition) is 1. The summed E-state index contributed by atoms with van der Waals surface area (Å²) in [5.41, 5.74) is 0.121. The first kappa shape index (κ1) is 10.4. The Labute approximate surface area is 86.0 Å². The number of alkyl halides is 1. The summed E-state index contributed by atoms with van der Waals surface area (Å²) in [6.07, 6.45) is 4.92. The van der Waals surface area contributed by atoms with Crippen LogP contribution in [0, 0.1) is 0 Å². The molecule has 1 saturated carbocycles. The van der Waals surface area contributed by atoms with Crippen LogP contribution in [0.1, 0.15) is 19.3 Å². The van der Waals surface area contributed by atoms with E-state index in [2.05, 4.69) is 21.2 Å². The van der Waals surface area contributed by atoms with E-state index in [1.165, 1.54) is 0 Å². The van der Waals surface area contributed by atoms with Crippen molar-refractivity contribution in [2.45, 2.75) is 24.8 Å². The highest BCUT2D eigenvalue weighted by molar-refractivity contribution is 9.09. The van der Waals surface area contributed by atoms with Crippen LogP contribution < -0.4 is 5.32 Å². The van der Waals surface area contributed by atoms with E-state index >= 15 is 0 Å². The maximum atomic E-state index is 11.3. The Bertz CT molecular complexity index is 170. The van der Waals surface area contributed by atoms with Gasteiger partial charge in [0.15, 0.2) is 0 Å². The SMILES string of the molecule is CSCCC(=O)NC1(CBr)CC1. The van der Waals surface area contributed by atoms with Gasteiger partial charge in [-0.15, -0.1) is 0 Å². The quantitative estimate of drug-likeness (QED) is 0.756. The molecule has 1 aliphatic carbocycles. The van der Waals surface area contributed by atoms with Gasteiger partial charge in [0, 0.05) is 23.0 Å². The molecule has 1 fully saturated rings. The third-order valence-corrected chi connectivity index (χ3v) is 3.73. The zero-order chi connectivity index (χ0) is 9.03. The molecule has 0 heterocycles. The Morgan fingerprint density at radius 1 is 1.67 bits per heavy atom. The van der Waals surface area contributed by atoms with Crippen molar-refractivity contribution in [1.82, 2.24) is 5.32 Å². The number of hydrogen-bond acceptors (Lipinski definition) is 2. The number of halogens is 1. The minimum atomic E-state index is 0.121. The van der Waals surface area contributed by atoms with E-state index in [4.69, 9.17) is 0 Å². The monoisotopic (exact) mass is 251 g/mol. The molecule has 12 heavy (non-hydrogen) atoms. The first-order valence-corrected chi connectivity index (χ1v) is 6.60. The highest BCUT2D eigenvalue weighted by Crippen LogP contribution is 2.36. The average molecular weight is 252 g/mol. The molecule has 0 radical (unpaired) electrons. The average Bonchev–Trinajstić information content (AvgIpc) is 2.82. The largest absolute Gasteiger partial charge is 0.350 e. The smallest absolute Gasteiger partial charge is 0.221 e. The van der Waals surface area contributed by atoms with Gasteiger partial charge in [-0.2, -0.15) is 11.8 Å². The lowest BCUT2D eigenvalue weighted by molar-refractivity contribution is -0.121. The molecule has 70 valence electrons. The molecule has 1 amide bonds. The van der Waals surface area contributed by atoms with Crippen molar-refractivity contribution in [1.29, 1.82) is 0 Å². The van der Waals surface area contributed by atoms with Gasteiger partial charge in [0.25, 0.3) is 0 Å². The summed E-state index contributed by atoms with van der Waals surface area (Å²) >= 11 is 5.12. The first-order valence-electron chi connectivity index (χ1n) is 4.08. The van der Waals surface area contributed by atoms with Crippen LogP contribution in [0.4, 0.5) is 0 Å². The summed E-state index contributed by atoms with van der Waals surface area (Å²) in [4.78, 5) is 11.3. The molecule has 0 aliphatic heterocycles. The van der Waals surface area contributed by atoms with Crippen molar-refractivity contribution in [3.63, 3.8) is 0 Å². The van der Waals surface area contributed by atoms with Crippen molar-refractivity contribution < 1.29 is 4.79 Å². The van der Waals surface area contributed by atoms with E-state index in [0.29, 0.717) is 6.42 Å². The van der Waals surface area contributed by atoms with Gasteiger partial charge in [0.1, 0.15) is 0 Å². The van der Waals surface area contributed by atoms with Gasteiger partial charge in [-0.3, -0.25) is 4.79 Å². The van der Waals surface area contributed by atoms with Crippen LogP contribution in [0.15, 0.2) is 0 Å². The van der Waals surface area contributed by atoms with Crippen LogP contribution in [-0.2, 0) is 4.79 Å². The van der Waals surface area contributed by atoms with Crippen molar-refractivity contribution >= 4 is 33.6 Å². The van der Waals surface area contributed by atoms with Gasteiger partial charge in [-0.05, 0) is 19.1 Å². The normalized spacial score (nSPS) is 18.8. The Morgan fingerprint density at radius 2 is 2.33 bits per heavy atom. The van der Waals surface area contributed by atoms with Crippen LogP contribution in [0.5, 0.6) is 0 Å². The predicted molar refractivity (Wildman–Crippen MR) is 56.9 cm³/mol. The zero-order valence-electron chi connectivity index (χ0n) is 7.23. The molecule has 2 nitrogen and oxygen atoms in total. The summed E-state index contributed by atoms with van der Waals surface area (Å²) in [6, 6.07) is 0. The summed E-state index contributed by atoms with van der Waals surface area (Å²) in [6.45, 7) is 0. The fourth-order valence-electron chi connectivity index (χ4n) is 0.996. The molecule has 1 N–H and O–H groups in total. The second-order valence-corrected chi connectivity index (χ2v) is 4.75. The van der Waals surface area contributed by atoms with Crippen LogP contribution in [0.2, 0.25) is 0 Å². The molecular weight excluding hydrogens is 238 g/mol. The summed E-state index contributed by atoms with van der Waals surface area (Å²) in [7, 11) is 0. The number of rotatable bonds is 5. The fourth-order valence-corrected chi connectivity index (χ4v) is 2.09. The number of nitrogens with one attached hydrogen (secondary N) is 1. The number of thioether (sulfide) groups is 1. The molecular formula is C8H14BrNOS. The maximum Gasteiger partial charge on any atom is 0.221 e. The number of carbonyl (C=O) groups is 1. The number of carbonyl (C=O) groups excluding carboxylic acids is 1. The molecule has 0 aromatic rings. The van der Waals surface area contributed by atoms with Gasteiger partial charge in [-0.1, -0.05) is 15.9 Å². The van der Waals surface area contributed by atoms with Crippen LogP contribution in [-0.4, -0.2) is 28.8 Å². The Balaban J connectivity index is 2.17. The predicted octanol–water partition coefficient (Wildman–Crippen LogP) is 1.78. The highest BCUT2D eigenvalue weighted by Gasteiger charge is 2.42. The van der Waals surface area contributed by atoms with Crippen LogP contribution in [0.25, 0.3) is 0 Å². The molecule has 0 saturated heterocycles. The Hall–Kier alpha value is 0.300. The maximum absolute atomic E-state index is 11.3. The van der Waals surface area contributed by atoms with Gasteiger partial charge >= 0.3 is 0 Å². The molecule has 0 spiro atoms. The minimum absolute atomic E-state index is 0.121. The van der Waals surface area contributed by atoms with Crippen molar-refractivity contribution in [3.05, 3.63) is 0 Å². The first-order chi connectivity index (χ1) is 5.72. The molecule has 1 rings (SSSR count). The van der Waals surface area contributed by atoms with E-state index in [-0.39, 0.29) is 11.4 Å². The molecule has 0 aromatic carbocycles. The molecule has 1 aliphatic rings. The van der Waals surface area contributed by atoms with Gasteiger partial charge in [-0.25, -0.2) is 0 Å². The van der Waals surface area contributed by atoms with E-state index < -0.39 is 0 Å². The van der Waals surface area contributed by atoms with Gasteiger partial charge in [0.05, 0.1) is 0 Å². The van der Waals surface area contributed by atoms with Crippen molar-refractivity contribution in [3.8, 4) is 0 Å². The highest BCUT2D eigenvalue weighted by atomic mass is 79.9. The molecule has 0 atom stereocenters. The van der Waals surface area contributed by atoms with E-state index in [1.54, 1.807) is 11.8 Å². The zero-order valence-corrected chi connectivity index (χ0v) is 9.63. The van der Waals surface area contributed by atoms with E-state index in [9.17, 15) is 4.79 Å². The topological polar surface area (TPSA) is 29.1 Å². The fraction of sp³-hybridized carbons (Fsp3) is 0.875. The second-order valence-electron chi connectivity index (χ2n) is 3.20. The van der Waals surface area contributed by atoms with Gasteiger partial charge in [0.2, 0.25) is 5.91 Å². The number of amides is 1. The van der Waals surface area contributed by atoms with Crippen LogP contribution in [0.3, 0.4) is 0 Å². The molecule has 4 heteroatoms. The van der Waals surface area contributed by atoms with Crippen LogP contribution >= 0.6 is 27.7 Å². The van der Waals surface area contributed by atoms with Crippen molar-refractivity contribution in [2.24, 2.45) is 0 Å². The molecule has 0 bridgehead atoms. The van der Waals surface area contributed by atoms with E-state index in [1.807, 2.05) is 6.26 Å². The lowest BCUT2D eigenvalue weighted by Gasteiger charge is -2.13. The van der Waals surface area contributed by atoms with Gasteiger partial charge < -0.3 is 5.32 Å². The summed E-state index contributed by atoms with van der Waals surface area (Å²) < 4.78 is 0. The standard InChI is InChI=1S/C8H14BrNOS/c1-12-5-2-7(11)10-8(6-9)3-4-8/h2-6H2,1H3,(H,10,11). The Kier molecular flexibility index (Phi) is 3.90. The summed E-state index contributed by atoms with van der Waals surface area (Å²) in [5, 5.41) is 3.95.